The fraction of sp³-hybridized carbons (Fsp3) is 0.192. The van der Waals surface area contributed by atoms with Crippen LogP contribution in [0.5, 0.6) is 0 Å². The Labute approximate surface area is 202 Å². The first kappa shape index (κ1) is 23.6. The second-order valence-corrected chi connectivity index (χ2v) is 8.16. The maximum absolute atomic E-state index is 12.8. The van der Waals surface area contributed by atoms with Gasteiger partial charge in [0, 0.05) is 6.07 Å². The van der Waals surface area contributed by atoms with E-state index >= 15 is 0 Å². The predicted molar refractivity (Wildman–Crippen MR) is 130 cm³/mol. The molecule has 0 aliphatic rings. The number of ketones is 1. The number of esters is 1. The maximum atomic E-state index is 12.8. The lowest BCUT2D eigenvalue weighted by Crippen LogP contribution is -2.26. The molecule has 0 aliphatic carbocycles. The summed E-state index contributed by atoms with van der Waals surface area (Å²) >= 11 is 0. The van der Waals surface area contributed by atoms with Crippen LogP contribution in [0.1, 0.15) is 33.0 Å². The summed E-state index contributed by atoms with van der Waals surface area (Å²) in [6.07, 6.45) is 0. The van der Waals surface area contributed by atoms with Gasteiger partial charge in [-0.15, -0.1) is 0 Å². The summed E-state index contributed by atoms with van der Waals surface area (Å²) < 4.78 is 8.20. The fourth-order valence-electron chi connectivity index (χ4n) is 3.74. The van der Waals surface area contributed by atoms with Crippen LogP contribution in [0.3, 0.4) is 0 Å². The molecule has 0 radical (unpaired) electrons. The molecule has 1 amide bonds. The van der Waals surface area contributed by atoms with E-state index in [2.05, 4.69) is 15.5 Å². The van der Waals surface area contributed by atoms with E-state index in [4.69, 9.17) is 4.74 Å². The van der Waals surface area contributed by atoms with Crippen LogP contribution in [-0.2, 0) is 14.3 Å². The average Bonchev–Trinajstić information content (AvgIpc) is 3.36. The normalized spacial score (nSPS) is 10.7. The number of ether oxygens (including phenoxy) is 1. The Morgan fingerprint density at radius 1 is 0.857 bits per heavy atom. The van der Waals surface area contributed by atoms with Crippen LogP contribution in [0.25, 0.3) is 11.4 Å². The number of Topliss-reactive ketones (excluding diaryl/α,β-unsaturated/α-hetero) is 1. The topological polar surface area (TPSA) is 108 Å². The molecule has 2 heterocycles. The second kappa shape index (κ2) is 9.76. The van der Waals surface area contributed by atoms with Crippen molar-refractivity contribution in [1.82, 2.24) is 19.6 Å². The summed E-state index contributed by atoms with van der Waals surface area (Å²) in [4.78, 5) is 37.8. The highest BCUT2D eigenvalue weighted by Crippen LogP contribution is 2.20. The van der Waals surface area contributed by atoms with Crippen LogP contribution in [0.15, 0.2) is 60.7 Å². The summed E-state index contributed by atoms with van der Waals surface area (Å²) in [6, 6.07) is 18.6. The number of carbonyl (C=O) groups excluding carboxylic acids is 3. The molecule has 35 heavy (non-hydrogen) atoms. The summed E-state index contributed by atoms with van der Waals surface area (Å²) in [5.74, 6) is -2.14. The number of nitrogens with one attached hydrogen (secondary N) is 1. The van der Waals surface area contributed by atoms with Gasteiger partial charge in [0.1, 0.15) is 5.82 Å². The molecular weight excluding hydrogens is 446 g/mol. The molecule has 0 spiro atoms. The van der Waals surface area contributed by atoms with E-state index < -0.39 is 24.3 Å². The second-order valence-electron chi connectivity index (χ2n) is 8.16. The van der Waals surface area contributed by atoms with Crippen molar-refractivity contribution >= 4 is 23.5 Å². The van der Waals surface area contributed by atoms with E-state index in [9.17, 15) is 14.4 Å². The van der Waals surface area contributed by atoms with Gasteiger partial charge in [0.15, 0.2) is 6.61 Å². The molecule has 9 heteroatoms. The Hall–Kier alpha value is -4.53. The van der Waals surface area contributed by atoms with Crippen molar-refractivity contribution in [2.24, 2.45) is 0 Å². The van der Waals surface area contributed by atoms with Crippen molar-refractivity contribution in [3.05, 3.63) is 88.9 Å². The van der Waals surface area contributed by atoms with E-state index in [0.29, 0.717) is 22.9 Å². The number of carbonyl (C=O) groups is 3. The number of rotatable bonds is 7. The number of aromatic nitrogens is 4. The molecule has 0 saturated heterocycles. The van der Waals surface area contributed by atoms with Gasteiger partial charge in [0.2, 0.25) is 0 Å². The van der Waals surface area contributed by atoms with Crippen molar-refractivity contribution in [3.63, 3.8) is 0 Å². The summed E-state index contributed by atoms with van der Waals surface area (Å²) in [5, 5.41) is 11.5. The van der Waals surface area contributed by atoms with Crippen molar-refractivity contribution in [2.75, 3.05) is 11.9 Å². The monoisotopic (exact) mass is 471 g/mol. The Morgan fingerprint density at radius 2 is 1.51 bits per heavy atom. The van der Waals surface area contributed by atoms with Crippen LogP contribution < -0.4 is 5.32 Å². The zero-order chi connectivity index (χ0) is 25.1. The first-order valence-corrected chi connectivity index (χ1v) is 11.0. The van der Waals surface area contributed by atoms with Gasteiger partial charge in [-0.05, 0) is 52.0 Å². The van der Waals surface area contributed by atoms with Gasteiger partial charge in [-0.3, -0.25) is 9.59 Å². The number of amides is 1. The molecule has 0 atom stereocenters. The van der Waals surface area contributed by atoms with Gasteiger partial charge in [-0.2, -0.15) is 10.2 Å². The number of hydrogen-bond donors (Lipinski definition) is 1. The van der Waals surface area contributed by atoms with Crippen molar-refractivity contribution < 1.29 is 19.1 Å². The van der Waals surface area contributed by atoms with Gasteiger partial charge in [-0.25, -0.2) is 14.2 Å². The number of para-hydroxylation sites is 1. The largest absolute Gasteiger partial charge is 0.450 e. The smallest absolute Gasteiger partial charge is 0.380 e. The van der Waals surface area contributed by atoms with Crippen molar-refractivity contribution in [3.8, 4) is 11.4 Å². The molecule has 0 aliphatic heterocycles. The number of hydrogen-bond acceptors (Lipinski definition) is 6. The zero-order valence-electron chi connectivity index (χ0n) is 19.9. The first-order valence-electron chi connectivity index (χ1n) is 11.0. The molecule has 9 nitrogen and oxygen atoms in total. The molecule has 2 aromatic heterocycles. The highest BCUT2D eigenvalue weighted by Gasteiger charge is 2.27. The van der Waals surface area contributed by atoms with Crippen LogP contribution in [-0.4, -0.2) is 43.8 Å². The maximum Gasteiger partial charge on any atom is 0.380 e. The van der Waals surface area contributed by atoms with Crippen LogP contribution in [0.2, 0.25) is 0 Å². The SMILES string of the molecule is Cc1ccc(-n2nc(C)cc2NC(=O)COC(=O)C(=O)c2c(C)nn(-c3ccccc3)c2C)cc1. The predicted octanol–water partition coefficient (Wildman–Crippen LogP) is 3.66. The Balaban J connectivity index is 1.43. The van der Waals surface area contributed by atoms with E-state index in [1.54, 1.807) is 36.2 Å². The lowest BCUT2D eigenvalue weighted by atomic mass is 10.1. The summed E-state index contributed by atoms with van der Waals surface area (Å²) in [6.45, 7) is 6.52. The molecule has 0 fully saturated rings. The fourth-order valence-corrected chi connectivity index (χ4v) is 3.74. The molecule has 4 rings (SSSR count). The molecule has 4 aromatic rings. The molecule has 2 aromatic carbocycles. The summed E-state index contributed by atoms with van der Waals surface area (Å²) in [5.41, 5.74) is 4.40. The van der Waals surface area contributed by atoms with Crippen molar-refractivity contribution in [1.29, 1.82) is 0 Å². The lowest BCUT2D eigenvalue weighted by Gasteiger charge is -2.09. The standard InChI is InChI=1S/C26H25N5O4/c1-16-10-12-21(13-11-16)31-22(14-17(2)28-31)27-23(32)15-35-26(34)25(33)24-18(3)29-30(19(24)4)20-8-6-5-7-9-20/h5-14H,15H2,1-4H3,(H,27,32). The van der Waals surface area contributed by atoms with Gasteiger partial charge in [-0.1, -0.05) is 35.9 Å². The van der Waals surface area contributed by atoms with Gasteiger partial charge >= 0.3 is 5.97 Å². The highest BCUT2D eigenvalue weighted by atomic mass is 16.5. The third kappa shape index (κ3) is 5.03. The third-order valence-corrected chi connectivity index (χ3v) is 5.42. The Kier molecular flexibility index (Phi) is 6.59. The zero-order valence-corrected chi connectivity index (χ0v) is 19.9. The van der Waals surface area contributed by atoms with Gasteiger partial charge in [0.25, 0.3) is 11.7 Å². The van der Waals surface area contributed by atoms with Gasteiger partial charge < -0.3 is 10.1 Å². The van der Waals surface area contributed by atoms with Crippen LogP contribution >= 0.6 is 0 Å². The third-order valence-electron chi connectivity index (χ3n) is 5.42. The molecule has 1 N–H and O–H groups in total. The molecule has 0 bridgehead atoms. The van der Waals surface area contributed by atoms with E-state index in [1.807, 2.05) is 61.5 Å². The minimum atomic E-state index is -1.12. The molecule has 0 saturated carbocycles. The number of nitrogens with zero attached hydrogens (tertiary/aromatic N) is 4. The van der Waals surface area contributed by atoms with Crippen LogP contribution in [0.4, 0.5) is 5.82 Å². The van der Waals surface area contributed by atoms with E-state index in [0.717, 1.165) is 16.9 Å². The minimum absolute atomic E-state index is 0.160. The number of anilines is 1. The van der Waals surface area contributed by atoms with E-state index in [-0.39, 0.29) is 5.56 Å². The van der Waals surface area contributed by atoms with Gasteiger partial charge in [0.05, 0.1) is 34.0 Å². The highest BCUT2D eigenvalue weighted by molar-refractivity contribution is 6.41. The lowest BCUT2D eigenvalue weighted by molar-refractivity contribution is -0.142. The molecule has 178 valence electrons. The van der Waals surface area contributed by atoms with E-state index in [1.165, 1.54) is 0 Å². The quantitative estimate of drug-likeness (QED) is 0.250. The Bertz CT molecular complexity index is 1400. The van der Waals surface area contributed by atoms with Crippen LogP contribution in [0, 0.1) is 27.7 Å². The number of benzene rings is 2. The van der Waals surface area contributed by atoms with Crippen molar-refractivity contribution in [2.45, 2.75) is 27.7 Å². The minimum Gasteiger partial charge on any atom is -0.450 e. The Morgan fingerprint density at radius 3 is 2.20 bits per heavy atom. The number of aryl methyl sites for hydroxylation is 3. The average molecular weight is 472 g/mol. The summed E-state index contributed by atoms with van der Waals surface area (Å²) in [7, 11) is 0. The molecular formula is C26H25N5O4. The molecule has 0 unspecified atom stereocenters. The first-order chi connectivity index (χ1) is 16.7.